The summed E-state index contributed by atoms with van der Waals surface area (Å²) in [5, 5.41) is 3.94. The number of carbonyl (C=O) groups is 2. The molecule has 0 saturated heterocycles. The molecule has 0 saturated carbocycles. The van der Waals surface area contributed by atoms with Crippen molar-refractivity contribution >= 4 is 18.5 Å². The van der Waals surface area contributed by atoms with Gasteiger partial charge >= 0.3 is 12.2 Å². The molecule has 122 valence electrons. The van der Waals surface area contributed by atoms with Crippen LogP contribution in [-0.2, 0) is 9.47 Å². The molecular formula is C14H23N4O4+. The summed E-state index contributed by atoms with van der Waals surface area (Å²) < 4.78 is 12.6. The zero-order chi connectivity index (χ0) is 17.0. The largest absolute Gasteiger partial charge is 0.531 e. The molecule has 0 unspecified atom stereocenters. The first kappa shape index (κ1) is 17.7. The Hall–Kier alpha value is -2.38. The fraction of sp³-hybridized carbons (Fsp3) is 0.571. The van der Waals surface area contributed by atoms with E-state index < -0.39 is 23.4 Å². The topological polar surface area (TPSA) is 85.5 Å². The molecule has 1 aromatic heterocycles. The molecule has 0 bridgehead atoms. The second kappa shape index (κ2) is 6.59. The van der Waals surface area contributed by atoms with Gasteiger partial charge in [-0.1, -0.05) is 5.10 Å². The molecule has 0 fully saturated rings. The third-order valence-electron chi connectivity index (χ3n) is 1.96. The Kier molecular flexibility index (Phi) is 5.29. The van der Waals surface area contributed by atoms with Crippen molar-refractivity contribution in [2.24, 2.45) is 0 Å². The van der Waals surface area contributed by atoms with Crippen molar-refractivity contribution in [2.75, 3.05) is 0 Å². The number of ether oxygens (including phenoxy) is 2. The van der Waals surface area contributed by atoms with Crippen LogP contribution in [0.4, 0.5) is 9.59 Å². The lowest BCUT2D eigenvalue weighted by molar-refractivity contribution is -0.497. The first-order valence-corrected chi connectivity index (χ1v) is 6.82. The highest BCUT2D eigenvalue weighted by atomic mass is 16.6. The van der Waals surface area contributed by atoms with E-state index >= 15 is 0 Å². The molecule has 0 radical (unpaired) electrons. The summed E-state index contributed by atoms with van der Waals surface area (Å²) in [6, 6.07) is 1.68. The number of carbonyl (C=O) groups excluding carboxylic acids is 2. The third-order valence-corrected chi connectivity index (χ3v) is 1.96. The number of hydrazone groups is 1. The van der Waals surface area contributed by atoms with Gasteiger partial charge in [0.2, 0.25) is 0 Å². The first-order valence-electron chi connectivity index (χ1n) is 6.82. The van der Waals surface area contributed by atoms with Crippen molar-refractivity contribution < 1.29 is 23.7 Å². The van der Waals surface area contributed by atoms with E-state index in [0.29, 0.717) is 0 Å². The summed E-state index contributed by atoms with van der Waals surface area (Å²) in [6.07, 6.45) is 2.89. The zero-order valence-corrected chi connectivity index (χ0v) is 13.8. The van der Waals surface area contributed by atoms with Gasteiger partial charge in [-0.2, -0.15) is 4.79 Å². The van der Waals surface area contributed by atoms with E-state index in [1.165, 1.54) is 17.2 Å². The summed E-state index contributed by atoms with van der Waals surface area (Å²) >= 11 is 0. The number of hydrogen-bond acceptors (Lipinski definition) is 5. The Morgan fingerprint density at radius 3 is 2.18 bits per heavy atom. The molecule has 0 aliphatic carbocycles. The van der Waals surface area contributed by atoms with Crippen molar-refractivity contribution in [3.8, 4) is 0 Å². The Morgan fingerprint density at radius 2 is 1.73 bits per heavy atom. The van der Waals surface area contributed by atoms with Crippen LogP contribution < -0.4 is 5.43 Å². The molecule has 0 aliphatic heterocycles. The Bertz CT molecular complexity index is 550. The van der Waals surface area contributed by atoms with Crippen LogP contribution in [0.1, 0.15) is 41.5 Å². The van der Waals surface area contributed by atoms with Gasteiger partial charge in [-0.25, -0.2) is 4.79 Å². The summed E-state index contributed by atoms with van der Waals surface area (Å²) in [6.45, 7) is 10.4. The molecule has 0 atom stereocenters. The quantitative estimate of drug-likeness (QED) is 0.372. The zero-order valence-electron chi connectivity index (χ0n) is 13.8. The fourth-order valence-electron chi connectivity index (χ4n) is 1.30. The van der Waals surface area contributed by atoms with Crippen molar-refractivity contribution in [1.82, 2.24) is 15.2 Å². The SMILES string of the molecule is CC(C)(C)OC(=O)N[N+](=Cn1cccn1)C(=O)OC(C)(C)C. The van der Waals surface area contributed by atoms with Crippen LogP contribution >= 0.6 is 0 Å². The second-order valence-electron chi connectivity index (χ2n) is 6.57. The van der Waals surface area contributed by atoms with Crippen LogP contribution in [-0.4, -0.2) is 44.2 Å². The minimum absolute atomic E-state index is 0.685. The fourth-order valence-corrected chi connectivity index (χ4v) is 1.30. The second-order valence-corrected chi connectivity index (χ2v) is 6.57. The molecule has 1 heterocycles. The van der Waals surface area contributed by atoms with Crippen LogP contribution in [0.25, 0.3) is 0 Å². The summed E-state index contributed by atoms with van der Waals surface area (Å²) in [5.41, 5.74) is 0.925. The number of rotatable bonds is 1. The van der Waals surface area contributed by atoms with E-state index in [4.69, 9.17) is 9.47 Å². The minimum Gasteiger partial charge on any atom is -0.442 e. The first-order chi connectivity index (χ1) is 9.96. The van der Waals surface area contributed by atoms with Gasteiger partial charge in [0.25, 0.3) is 6.34 Å². The van der Waals surface area contributed by atoms with Crippen molar-refractivity contribution in [3.05, 3.63) is 18.5 Å². The Labute approximate surface area is 129 Å². The third kappa shape index (κ3) is 6.87. The molecule has 22 heavy (non-hydrogen) atoms. The monoisotopic (exact) mass is 311 g/mol. The maximum atomic E-state index is 12.1. The van der Waals surface area contributed by atoms with Gasteiger partial charge in [0.1, 0.15) is 17.4 Å². The highest BCUT2D eigenvalue weighted by molar-refractivity contribution is 5.71. The average Bonchev–Trinajstić information content (AvgIpc) is 2.75. The van der Waals surface area contributed by atoms with Crippen LogP contribution in [0.15, 0.2) is 18.5 Å². The lowest BCUT2D eigenvalue weighted by Gasteiger charge is -2.21. The van der Waals surface area contributed by atoms with Gasteiger partial charge < -0.3 is 9.47 Å². The highest BCUT2D eigenvalue weighted by Gasteiger charge is 2.27. The predicted molar refractivity (Wildman–Crippen MR) is 79.6 cm³/mol. The Balaban J connectivity index is 2.93. The summed E-state index contributed by atoms with van der Waals surface area (Å²) in [4.78, 5) is 24.0. The Morgan fingerprint density at radius 1 is 1.14 bits per heavy atom. The van der Waals surface area contributed by atoms with Gasteiger partial charge in [0.15, 0.2) is 0 Å². The summed E-state index contributed by atoms with van der Waals surface area (Å²) in [5.74, 6) is 0. The minimum atomic E-state index is -0.776. The molecule has 8 nitrogen and oxygen atoms in total. The highest BCUT2D eigenvalue weighted by Crippen LogP contribution is 2.09. The molecule has 2 amide bonds. The maximum absolute atomic E-state index is 12.1. The van der Waals surface area contributed by atoms with Gasteiger partial charge in [-0.05, 0) is 46.2 Å². The van der Waals surface area contributed by atoms with E-state index in [-0.39, 0.29) is 0 Å². The van der Waals surface area contributed by atoms with Gasteiger partial charge in [0.05, 0.1) is 6.20 Å². The molecule has 0 aromatic carbocycles. The van der Waals surface area contributed by atoms with E-state index in [1.54, 1.807) is 53.8 Å². The van der Waals surface area contributed by atoms with Gasteiger partial charge in [-0.3, -0.25) is 0 Å². The number of nitrogens with one attached hydrogen (secondary N) is 1. The standard InChI is InChI=1S/C14H22N4O4/c1-13(2,3)21-11(19)16-18(10-17-9-7-8-15-17)12(20)22-14(4,5)6/h7-10H,1-6H3/p+1. The number of hydrazine groups is 1. The maximum Gasteiger partial charge on any atom is 0.531 e. The lowest BCUT2D eigenvalue weighted by atomic mass is 10.2. The van der Waals surface area contributed by atoms with E-state index in [9.17, 15) is 9.59 Å². The van der Waals surface area contributed by atoms with Crippen molar-refractivity contribution in [1.29, 1.82) is 0 Å². The molecular weight excluding hydrogens is 288 g/mol. The molecule has 8 heteroatoms. The normalized spacial score (nSPS) is 12.7. The number of hydrogen-bond donors (Lipinski definition) is 1. The summed E-state index contributed by atoms with van der Waals surface area (Å²) in [7, 11) is 0. The smallest absolute Gasteiger partial charge is 0.442 e. The molecule has 0 aliphatic rings. The lowest BCUT2D eigenvalue weighted by Crippen LogP contribution is -2.45. The number of nitrogens with zero attached hydrogens (tertiary/aromatic N) is 3. The van der Waals surface area contributed by atoms with Crippen molar-refractivity contribution in [3.63, 3.8) is 0 Å². The molecule has 1 aromatic rings. The van der Waals surface area contributed by atoms with Crippen LogP contribution in [0.2, 0.25) is 0 Å². The molecule has 0 spiro atoms. The van der Waals surface area contributed by atoms with E-state index in [1.807, 2.05) is 0 Å². The van der Waals surface area contributed by atoms with E-state index in [2.05, 4.69) is 10.5 Å². The van der Waals surface area contributed by atoms with Gasteiger partial charge in [0, 0.05) is 6.07 Å². The van der Waals surface area contributed by atoms with E-state index in [0.717, 1.165) is 4.68 Å². The average molecular weight is 311 g/mol. The number of aromatic nitrogens is 2. The number of amides is 2. The molecule has 1 rings (SSSR count). The van der Waals surface area contributed by atoms with Gasteiger partial charge in [-0.15, -0.1) is 10.1 Å². The van der Waals surface area contributed by atoms with Crippen LogP contribution in [0, 0.1) is 0 Å². The van der Waals surface area contributed by atoms with Crippen LogP contribution in [0.3, 0.4) is 0 Å². The predicted octanol–water partition coefficient (Wildman–Crippen LogP) is 2.15. The van der Waals surface area contributed by atoms with Crippen LogP contribution in [0.5, 0.6) is 0 Å². The molecule has 1 N–H and O–H groups in total. The van der Waals surface area contributed by atoms with Crippen molar-refractivity contribution in [2.45, 2.75) is 52.7 Å².